The van der Waals surface area contributed by atoms with E-state index in [2.05, 4.69) is 13.8 Å². The van der Waals surface area contributed by atoms with Crippen molar-refractivity contribution in [2.24, 2.45) is 5.92 Å². The molecule has 0 aromatic heterocycles. The number of benzene rings is 1. The second-order valence-electron chi connectivity index (χ2n) is 5.43. The predicted molar refractivity (Wildman–Crippen MR) is 73.6 cm³/mol. The summed E-state index contributed by atoms with van der Waals surface area (Å²) >= 11 is 0. The van der Waals surface area contributed by atoms with Crippen molar-refractivity contribution in [3.8, 4) is 11.5 Å². The lowest BCUT2D eigenvalue weighted by atomic mass is 10.1. The number of fused-ring (bicyclic) bond motifs is 1. The maximum Gasteiger partial charge on any atom is 0.210 e. The molecule has 1 heterocycles. The molecule has 0 spiro atoms. The van der Waals surface area contributed by atoms with Crippen LogP contribution in [-0.2, 0) is 11.3 Å². The van der Waals surface area contributed by atoms with E-state index in [1.54, 1.807) is 11.0 Å². The van der Waals surface area contributed by atoms with Gasteiger partial charge in [-0.05, 0) is 23.6 Å². The molecule has 1 aliphatic heterocycles. The number of carbonyl (C=O) groups is 1. The van der Waals surface area contributed by atoms with Crippen molar-refractivity contribution in [1.29, 1.82) is 0 Å². The maximum absolute atomic E-state index is 13.2. The number of hydrogen-bond donors (Lipinski definition) is 0. The Morgan fingerprint density at radius 1 is 1.35 bits per heavy atom. The van der Waals surface area contributed by atoms with Crippen LogP contribution in [0.25, 0.3) is 0 Å². The summed E-state index contributed by atoms with van der Waals surface area (Å²) in [6.07, 6.45) is -0.265. The number of halogens is 1. The molecule has 1 aromatic carbocycles. The zero-order chi connectivity index (χ0) is 14.5. The molecule has 0 aliphatic carbocycles. The first-order chi connectivity index (χ1) is 9.58. The number of hydrogen-bond acceptors (Lipinski definition) is 3. The van der Waals surface area contributed by atoms with Crippen LogP contribution in [0.2, 0.25) is 0 Å². The van der Waals surface area contributed by atoms with Crippen molar-refractivity contribution in [3.63, 3.8) is 0 Å². The van der Waals surface area contributed by atoms with E-state index in [0.717, 1.165) is 12.0 Å². The first kappa shape index (κ1) is 14.6. The number of rotatable bonds is 5. The Kier molecular flexibility index (Phi) is 4.82. The van der Waals surface area contributed by atoms with Crippen LogP contribution in [0.4, 0.5) is 4.39 Å². The van der Waals surface area contributed by atoms with Crippen LogP contribution in [0.5, 0.6) is 11.5 Å². The van der Waals surface area contributed by atoms with Crippen LogP contribution in [0.1, 0.15) is 19.4 Å². The molecule has 2 rings (SSSR count). The quantitative estimate of drug-likeness (QED) is 0.778. The van der Waals surface area contributed by atoms with E-state index in [1.165, 1.54) is 0 Å². The van der Waals surface area contributed by atoms with Crippen LogP contribution in [-0.4, -0.2) is 37.2 Å². The Labute approximate surface area is 118 Å². The zero-order valence-electron chi connectivity index (χ0n) is 11.8. The molecule has 0 bridgehead atoms. The number of amides is 1. The summed E-state index contributed by atoms with van der Waals surface area (Å²) in [6.45, 7) is 5.35. The highest BCUT2D eigenvalue weighted by atomic mass is 19.1. The zero-order valence-corrected chi connectivity index (χ0v) is 11.8. The SMILES string of the molecule is CC(C)CN(C=O)Cc1ccc2c(c1)OCC(F)CO2. The van der Waals surface area contributed by atoms with Gasteiger partial charge in [-0.2, -0.15) is 0 Å². The van der Waals surface area contributed by atoms with Gasteiger partial charge in [-0.15, -0.1) is 0 Å². The standard InChI is InChI=1S/C15H20FNO3/c1-11(2)6-17(10-18)7-12-3-4-14-15(5-12)20-9-13(16)8-19-14/h3-5,10-11,13H,6-9H2,1-2H3. The van der Waals surface area contributed by atoms with Crippen LogP contribution < -0.4 is 9.47 Å². The molecule has 1 aliphatic rings. The molecule has 1 atom stereocenters. The number of nitrogens with zero attached hydrogens (tertiary/aromatic N) is 1. The van der Waals surface area contributed by atoms with Gasteiger partial charge in [0.25, 0.3) is 0 Å². The van der Waals surface area contributed by atoms with Gasteiger partial charge in [-0.25, -0.2) is 4.39 Å². The van der Waals surface area contributed by atoms with Gasteiger partial charge in [0, 0.05) is 13.1 Å². The van der Waals surface area contributed by atoms with Gasteiger partial charge >= 0.3 is 0 Å². The third kappa shape index (κ3) is 3.85. The van der Waals surface area contributed by atoms with Gasteiger partial charge in [0.15, 0.2) is 17.7 Å². The Bertz CT molecular complexity index is 464. The smallest absolute Gasteiger partial charge is 0.210 e. The Hall–Kier alpha value is -1.78. The molecular formula is C15H20FNO3. The summed E-state index contributed by atoms with van der Waals surface area (Å²) in [4.78, 5) is 12.8. The molecule has 1 aromatic rings. The lowest BCUT2D eigenvalue weighted by Gasteiger charge is -2.20. The molecule has 0 saturated carbocycles. The van der Waals surface area contributed by atoms with E-state index in [9.17, 15) is 9.18 Å². The van der Waals surface area contributed by atoms with Gasteiger partial charge < -0.3 is 14.4 Å². The van der Waals surface area contributed by atoms with E-state index in [1.807, 2.05) is 12.1 Å². The fraction of sp³-hybridized carbons (Fsp3) is 0.533. The molecule has 0 saturated heterocycles. The highest BCUT2D eigenvalue weighted by Gasteiger charge is 2.18. The topological polar surface area (TPSA) is 38.8 Å². The van der Waals surface area contributed by atoms with E-state index < -0.39 is 6.17 Å². The average molecular weight is 281 g/mol. The van der Waals surface area contributed by atoms with Crippen LogP contribution >= 0.6 is 0 Å². The maximum atomic E-state index is 13.2. The summed E-state index contributed by atoms with van der Waals surface area (Å²) < 4.78 is 23.9. The summed E-state index contributed by atoms with van der Waals surface area (Å²) in [6, 6.07) is 5.45. The van der Waals surface area contributed by atoms with Gasteiger partial charge in [-0.1, -0.05) is 19.9 Å². The third-order valence-electron chi connectivity index (χ3n) is 2.98. The monoisotopic (exact) mass is 281 g/mol. The molecule has 5 heteroatoms. The lowest BCUT2D eigenvalue weighted by molar-refractivity contribution is -0.119. The van der Waals surface area contributed by atoms with Crippen molar-refractivity contribution in [1.82, 2.24) is 4.90 Å². The Morgan fingerprint density at radius 2 is 2.05 bits per heavy atom. The Morgan fingerprint density at radius 3 is 2.70 bits per heavy atom. The minimum atomic E-state index is -1.11. The van der Waals surface area contributed by atoms with Crippen LogP contribution in [0.15, 0.2) is 18.2 Å². The molecule has 20 heavy (non-hydrogen) atoms. The normalized spacial score (nSPS) is 17.7. The van der Waals surface area contributed by atoms with Crippen molar-refractivity contribution in [3.05, 3.63) is 23.8 Å². The molecule has 0 N–H and O–H groups in total. The average Bonchev–Trinajstić information content (AvgIpc) is 2.60. The van der Waals surface area contributed by atoms with Gasteiger partial charge in [0.05, 0.1) is 0 Å². The number of carbonyl (C=O) groups excluding carboxylic acids is 1. The number of ether oxygens (including phenoxy) is 2. The van der Waals surface area contributed by atoms with Crippen molar-refractivity contribution in [2.45, 2.75) is 26.6 Å². The highest BCUT2D eigenvalue weighted by Crippen LogP contribution is 2.31. The van der Waals surface area contributed by atoms with Crippen molar-refractivity contribution >= 4 is 6.41 Å². The molecule has 0 fully saturated rings. The van der Waals surface area contributed by atoms with E-state index in [4.69, 9.17) is 9.47 Å². The second kappa shape index (κ2) is 6.59. The molecule has 1 unspecified atom stereocenters. The van der Waals surface area contributed by atoms with E-state index in [0.29, 0.717) is 30.5 Å². The second-order valence-corrected chi connectivity index (χ2v) is 5.43. The minimum Gasteiger partial charge on any atom is -0.487 e. The molecule has 110 valence electrons. The van der Waals surface area contributed by atoms with Crippen molar-refractivity contribution < 1.29 is 18.7 Å². The summed E-state index contributed by atoms with van der Waals surface area (Å²) in [5, 5.41) is 0. The molecule has 0 radical (unpaired) electrons. The van der Waals surface area contributed by atoms with E-state index in [-0.39, 0.29) is 13.2 Å². The summed E-state index contributed by atoms with van der Waals surface area (Å²) in [5.74, 6) is 1.50. The van der Waals surface area contributed by atoms with E-state index >= 15 is 0 Å². The molecule has 4 nitrogen and oxygen atoms in total. The van der Waals surface area contributed by atoms with Gasteiger partial charge in [-0.3, -0.25) is 4.79 Å². The largest absolute Gasteiger partial charge is 0.487 e. The molecule has 1 amide bonds. The first-order valence-corrected chi connectivity index (χ1v) is 6.80. The summed E-state index contributed by atoms with van der Waals surface area (Å²) in [7, 11) is 0. The van der Waals surface area contributed by atoms with Crippen LogP contribution in [0, 0.1) is 5.92 Å². The lowest BCUT2D eigenvalue weighted by Crippen LogP contribution is -2.25. The highest BCUT2D eigenvalue weighted by molar-refractivity contribution is 5.49. The Balaban J connectivity index is 2.08. The fourth-order valence-electron chi connectivity index (χ4n) is 2.14. The first-order valence-electron chi connectivity index (χ1n) is 6.80. The van der Waals surface area contributed by atoms with Gasteiger partial charge in [0.1, 0.15) is 13.2 Å². The van der Waals surface area contributed by atoms with Crippen LogP contribution in [0.3, 0.4) is 0 Å². The third-order valence-corrected chi connectivity index (χ3v) is 2.98. The molecular weight excluding hydrogens is 261 g/mol. The predicted octanol–water partition coefficient (Wildman–Crippen LogP) is 2.41. The van der Waals surface area contributed by atoms with Gasteiger partial charge in [0.2, 0.25) is 6.41 Å². The number of alkyl halides is 1. The minimum absolute atomic E-state index is 0.000156. The van der Waals surface area contributed by atoms with Crippen molar-refractivity contribution in [2.75, 3.05) is 19.8 Å². The summed E-state index contributed by atoms with van der Waals surface area (Å²) in [5.41, 5.74) is 0.942. The fourth-order valence-corrected chi connectivity index (χ4v) is 2.14.